The number of alkyl carbamates (subject to hydrolysis) is 1. The van der Waals surface area contributed by atoms with Crippen molar-refractivity contribution in [3.63, 3.8) is 0 Å². The average molecular weight is 341 g/mol. The number of nitrogens with two attached hydrogens (primary N) is 1. The van der Waals surface area contributed by atoms with Crippen molar-refractivity contribution in [3.05, 3.63) is 35.4 Å². The number of amides is 1. The lowest BCUT2D eigenvalue weighted by molar-refractivity contribution is -0.138. The van der Waals surface area contributed by atoms with Gasteiger partial charge < -0.3 is 20.9 Å². The largest absolute Gasteiger partial charge is 0.480 e. The zero-order valence-corrected chi connectivity index (χ0v) is 13.5. The van der Waals surface area contributed by atoms with E-state index in [2.05, 4.69) is 11.2 Å². The van der Waals surface area contributed by atoms with Crippen LogP contribution in [-0.2, 0) is 16.1 Å². The van der Waals surface area contributed by atoms with Crippen molar-refractivity contribution in [3.8, 4) is 12.3 Å². The summed E-state index contributed by atoms with van der Waals surface area (Å²) < 4.78 is 5.06. The summed E-state index contributed by atoms with van der Waals surface area (Å²) >= 11 is 0. The van der Waals surface area contributed by atoms with Gasteiger partial charge in [-0.3, -0.25) is 4.79 Å². The van der Waals surface area contributed by atoms with Crippen LogP contribution < -0.4 is 11.1 Å². The molecule has 1 amide bonds. The van der Waals surface area contributed by atoms with Crippen LogP contribution in [0.15, 0.2) is 24.3 Å². The second-order valence-electron chi connectivity index (χ2n) is 4.79. The van der Waals surface area contributed by atoms with Gasteiger partial charge in [-0.2, -0.15) is 0 Å². The minimum absolute atomic E-state index is 0. The number of halogens is 1. The third kappa shape index (κ3) is 8.71. The Hall–Kier alpha value is -2.23. The molecule has 1 rings (SSSR count). The molecule has 4 N–H and O–H groups in total. The molecule has 0 bridgehead atoms. The van der Waals surface area contributed by atoms with E-state index in [0.29, 0.717) is 25.8 Å². The van der Waals surface area contributed by atoms with Gasteiger partial charge in [0.1, 0.15) is 12.6 Å². The van der Waals surface area contributed by atoms with Gasteiger partial charge in [-0.1, -0.05) is 18.1 Å². The number of hydrogen-bond acceptors (Lipinski definition) is 4. The Bertz CT molecular complexity index is 557. The fraction of sp³-hybridized carbons (Fsp3) is 0.375. The van der Waals surface area contributed by atoms with Crippen LogP contribution in [-0.4, -0.2) is 29.8 Å². The Labute approximate surface area is 141 Å². The van der Waals surface area contributed by atoms with Crippen LogP contribution in [0.25, 0.3) is 0 Å². The van der Waals surface area contributed by atoms with E-state index in [1.807, 2.05) is 6.07 Å². The Balaban J connectivity index is 0.00000484. The highest BCUT2D eigenvalue weighted by atomic mass is 35.5. The molecular weight excluding hydrogens is 320 g/mol. The van der Waals surface area contributed by atoms with Gasteiger partial charge in [0.2, 0.25) is 0 Å². The number of aliphatic carboxylic acids is 1. The Morgan fingerprint density at radius 1 is 1.39 bits per heavy atom. The van der Waals surface area contributed by atoms with Crippen molar-refractivity contribution in [2.75, 3.05) is 6.54 Å². The summed E-state index contributed by atoms with van der Waals surface area (Å²) in [5, 5.41) is 11.2. The van der Waals surface area contributed by atoms with Gasteiger partial charge in [-0.05, 0) is 37.0 Å². The van der Waals surface area contributed by atoms with Gasteiger partial charge >= 0.3 is 12.1 Å². The van der Waals surface area contributed by atoms with Gasteiger partial charge in [0.25, 0.3) is 0 Å². The van der Waals surface area contributed by atoms with Crippen molar-refractivity contribution < 1.29 is 19.4 Å². The summed E-state index contributed by atoms with van der Waals surface area (Å²) in [6.07, 6.45) is 6.42. The topological polar surface area (TPSA) is 102 Å². The van der Waals surface area contributed by atoms with Crippen LogP contribution in [0, 0.1) is 12.3 Å². The minimum atomic E-state index is -1.01. The smallest absolute Gasteiger partial charge is 0.407 e. The molecule has 0 aliphatic carbocycles. The molecule has 0 heterocycles. The average Bonchev–Trinajstić information content (AvgIpc) is 2.52. The maximum atomic E-state index is 11.5. The number of ether oxygens (including phenoxy) is 1. The lowest BCUT2D eigenvalue weighted by Gasteiger charge is -2.08. The highest BCUT2D eigenvalue weighted by Crippen LogP contribution is 2.05. The molecule has 0 aromatic heterocycles. The number of benzene rings is 1. The molecule has 1 aromatic rings. The number of terminal acetylenes is 1. The van der Waals surface area contributed by atoms with E-state index in [9.17, 15) is 9.59 Å². The molecule has 6 nitrogen and oxygen atoms in total. The molecule has 0 spiro atoms. The minimum Gasteiger partial charge on any atom is -0.480 e. The number of carboxylic acids is 1. The van der Waals surface area contributed by atoms with E-state index < -0.39 is 18.1 Å². The summed E-state index contributed by atoms with van der Waals surface area (Å²) in [4.78, 5) is 22.0. The molecule has 7 heteroatoms. The van der Waals surface area contributed by atoms with Gasteiger partial charge in [-0.15, -0.1) is 18.8 Å². The second-order valence-corrected chi connectivity index (χ2v) is 4.79. The number of carbonyl (C=O) groups is 2. The first-order chi connectivity index (χ1) is 10.5. The van der Waals surface area contributed by atoms with Crippen molar-refractivity contribution in [1.82, 2.24) is 5.32 Å². The molecular formula is C16H21ClN2O4. The van der Waals surface area contributed by atoms with Crippen LogP contribution >= 0.6 is 12.4 Å². The zero-order chi connectivity index (χ0) is 16.4. The monoisotopic (exact) mass is 340 g/mol. The maximum absolute atomic E-state index is 11.5. The van der Waals surface area contributed by atoms with Crippen molar-refractivity contribution in [2.24, 2.45) is 5.73 Å². The molecule has 0 radical (unpaired) electrons. The lowest BCUT2D eigenvalue weighted by Crippen LogP contribution is -2.30. The molecule has 1 aromatic carbocycles. The number of hydrogen-bond donors (Lipinski definition) is 3. The van der Waals surface area contributed by atoms with Crippen LogP contribution in [0.3, 0.4) is 0 Å². The first-order valence-electron chi connectivity index (χ1n) is 6.97. The standard InChI is InChI=1S/C16H20N2O4.ClH/c1-2-12-6-5-7-13(10-12)11-22-16(21)18-9-4-3-8-14(17)15(19)20;/h1,5-7,10,14H,3-4,8-9,11,17H2,(H,18,21)(H,19,20);1H/t14-;/m0./s1. The molecule has 0 fully saturated rings. The molecule has 0 saturated heterocycles. The quantitative estimate of drug-likeness (QED) is 0.495. The van der Waals surface area contributed by atoms with Crippen LogP contribution in [0.4, 0.5) is 4.79 Å². The van der Waals surface area contributed by atoms with Gasteiger partial charge in [-0.25, -0.2) is 4.79 Å². The van der Waals surface area contributed by atoms with Crippen molar-refractivity contribution in [2.45, 2.75) is 31.9 Å². The summed E-state index contributed by atoms with van der Waals surface area (Å²) in [5.41, 5.74) is 6.92. The molecule has 1 atom stereocenters. The Morgan fingerprint density at radius 2 is 2.13 bits per heavy atom. The predicted molar refractivity (Wildman–Crippen MR) is 89.3 cm³/mol. The Kier molecular flexibility index (Phi) is 10.3. The third-order valence-corrected chi connectivity index (χ3v) is 2.99. The maximum Gasteiger partial charge on any atom is 0.407 e. The highest BCUT2D eigenvalue weighted by Gasteiger charge is 2.10. The van der Waals surface area contributed by atoms with E-state index >= 15 is 0 Å². The molecule has 126 valence electrons. The van der Waals surface area contributed by atoms with E-state index in [0.717, 1.165) is 11.1 Å². The summed E-state index contributed by atoms with van der Waals surface area (Å²) in [7, 11) is 0. The fourth-order valence-corrected chi connectivity index (χ4v) is 1.75. The van der Waals surface area contributed by atoms with Crippen LogP contribution in [0.5, 0.6) is 0 Å². The van der Waals surface area contributed by atoms with E-state index in [-0.39, 0.29) is 19.0 Å². The molecule has 0 saturated carbocycles. The lowest BCUT2D eigenvalue weighted by atomic mass is 10.1. The molecule has 0 aliphatic rings. The van der Waals surface area contributed by atoms with Crippen LogP contribution in [0.1, 0.15) is 30.4 Å². The van der Waals surface area contributed by atoms with Crippen molar-refractivity contribution in [1.29, 1.82) is 0 Å². The SMILES string of the molecule is C#Cc1cccc(COC(=O)NCCCC[C@H](N)C(=O)O)c1.Cl. The summed E-state index contributed by atoms with van der Waals surface area (Å²) in [5.74, 6) is 1.50. The summed E-state index contributed by atoms with van der Waals surface area (Å²) in [6, 6.07) is 6.35. The first-order valence-corrected chi connectivity index (χ1v) is 6.97. The van der Waals surface area contributed by atoms with E-state index in [1.165, 1.54) is 0 Å². The second kappa shape index (κ2) is 11.4. The molecule has 0 aliphatic heterocycles. The zero-order valence-electron chi connectivity index (χ0n) is 12.7. The molecule has 0 unspecified atom stereocenters. The fourth-order valence-electron chi connectivity index (χ4n) is 1.75. The number of carboxylic acid groups (broad SMARTS) is 1. The van der Waals surface area contributed by atoms with Gasteiger partial charge in [0, 0.05) is 12.1 Å². The normalized spacial score (nSPS) is 10.8. The summed E-state index contributed by atoms with van der Waals surface area (Å²) in [6.45, 7) is 0.556. The number of carbonyl (C=O) groups excluding carboxylic acids is 1. The van der Waals surface area contributed by atoms with E-state index in [4.69, 9.17) is 22.0 Å². The van der Waals surface area contributed by atoms with Gasteiger partial charge in [0.05, 0.1) is 0 Å². The van der Waals surface area contributed by atoms with E-state index in [1.54, 1.807) is 18.2 Å². The van der Waals surface area contributed by atoms with Crippen molar-refractivity contribution >= 4 is 24.5 Å². The van der Waals surface area contributed by atoms with Gasteiger partial charge in [0.15, 0.2) is 0 Å². The number of nitrogens with one attached hydrogen (secondary N) is 1. The highest BCUT2D eigenvalue weighted by molar-refractivity contribution is 5.85. The third-order valence-electron chi connectivity index (χ3n) is 2.99. The predicted octanol–water partition coefficient (Wildman–Crippen LogP) is 1.90. The first kappa shape index (κ1) is 20.8. The van der Waals surface area contributed by atoms with Crippen LogP contribution in [0.2, 0.25) is 0 Å². The number of unbranched alkanes of at least 4 members (excludes halogenated alkanes) is 1. The molecule has 23 heavy (non-hydrogen) atoms. The Morgan fingerprint density at radius 3 is 2.78 bits per heavy atom. The number of rotatable bonds is 8.